The third-order valence-corrected chi connectivity index (χ3v) is 2.04. The molecule has 6 heteroatoms. The molecule has 0 aliphatic carbocycles. The molecule has 0 aliphatic heterocycles. The Balaban J connectivity index is 2.43. The van der Waals surface area contributed by atoms with Gasteiger partial charge >= 0.3 is 5.97 Å². The largest absolute Gasteiger partial charge is 0.468 e. The van der Waals surface area contributed by atoms with Gasteiger partial charge < -0.3 is 10.5 Å². The molecule has 0 aliphatic rings. The van der Waals surface area contributed by atoms with Crippen LogP contribution in [-0.4, -0.2) is 28.1 Å². The zero-order chi connectivity index (χ0) is 10.8. The van der Waals surface area contributed by atoms with Gasteiger partial charge in [0, 0.05) is 5.69 Å². The standard InChI is InChI=1S/C9H10N4O2/c1-15-9(14)5-13-8-4-6(10)2-3-7(8)11-12-13/h2-4H,5,10H2,1H3. The first-order chi connectivity index (χ1) is 7.20. The summed E-state index contributed by atoms with van der Waals surface area (Å²) in [4.78, 5) is 11.1. The first kappa shape index (κ1) is 9.45. The number of benzene rings is 1. The normalized spacial score (nSPS) is 10.5. The number of nitrogens with zero attached hydrogens (tertiary/aromatic N) is 3. The monoisotopic (exact) mass is 206 g/mol. The van der Waals surface area contributed by atoms with Crippen LogP contribution in [-0.2, 0) is 16.1 Å². The van der Waals surface area contributed by atoms with Crippen molar-refractivity contribution in [3.05, 3.63) is 18.2 Å². The summed E-state index contributed by atoms with van der Waals surface area (Å²) in [5.74, 6) is -0.371. The maximum absolute atomic E-state index is 11.1. The number of methoxy groups -OCH3 is 1. The molecule has 0 atom stereocenters. The SMILES string of the molecule is COC(=O)Cn1nnc2ccc(N)cc21. The van der Waals surface area contributed by atoms with E-state index in [9.17, 15) is 4.79 Å². The second-order valence-corrected chi connectivity index (χ2v) is 3.07. The highest BCUT2D eigenvalue weighted by Crippen LogP contribution is 2.14. The number of nitrogen functional groups attached to an aromatic ring is 1. The minimum atomic E-state index is -0.371. The van der Waals surface area contributed by atoms with Crippen molar-refractivity contribution in [2.24, 2.45) is 0 Å². The molecule has 0 spiro atoms. The molecule has 15 heavy (non-hydrogen) atoms. The lowest BCUT2D eigenvalue weighted by Crippen LogP contribution is -2.12. The summed E-state index contributed by atoms with van der Waals surface area (Å²) in [5.41, 5.74) is 7.66. The van der Waals surface area contributed by atoms with Gasteiger partial charge in [0.05, 0.1) is 12.6 Å². The smallest absolute Gasteiger partial charge is 0.327 e. The molecule has 6 nitrogen and oxygen atoms in total. The second kappa shape index (κ2) is 3.56. The van der Waals surface area contributed by atoms with Gasteiger partial charge in [0.1, 0.15) is 12.1 Å². The van der Waals surface area contributed by atoms with Crippen molar-refractivity contribution in [3.63, 3.8) is 0 Å². The molecule has 0 saturated heterocycles. The lowest BCUT2D eigenvalue weighted by atomic mass is 10.3. The Morgan fingerprint density at radius 2 is 2.40 bits per heavy atom. The third-order valence-electron chi connectivity index (χ3n) is 2.04. The van der Waals surface area contributed by atoms with Crippen LogP contribution in [0.2, 0.25) is 0 Å². The fourth-order valence-electron chi connectivity index (χ4n) is 1.29. The molecule has 0 fully saturated rings. The van der Waals surface area contributed by atoms with E-state index in [1.807, 2.05) is 0 Å². The van der Waals surface area contributed by atoms with Crippen molar-refractivity contribution < 1.29 is 9.53 Å². The number of anilines is 1. The van der Waals surface area contributed by atoms with Crippen LogP contribution in [0, 0.1) is 0 Å². The first-order valence-corrected chi connectivity index (χ1v) is 4.36. The van der Waals surface area contributed by atoms with Crippen molar-refractivity contribution in [1.82, 2.24) is 15.0 Å². The quantitative estimate of drug-likeness (QED) is 0.560. The van der Waals surface area contributed by atoms with Crippen LogP contribution in [0.5, 0.6) is 0 Å². The van der Waals surface area contributed by atoms with Crippen LogP contribution in [0.15, 0.2) is 18.2 Å². The Hall–Kier alpha value is -2.11. The summed E-state index contributed by atoms with van der Waals surface area (Å²) >= 11 is 0. The van der Waals surface area contributed by atoms with Crippen molar-refractivity contribution in [2.75, 3.05) is 12.8 Å². The van der Waals surface area contributed by atoms with Gasteiger partial charge in [-0.3, -0.25) is 4.79 Å². The molecular formula is C9H10N4O2. The summed E-state index contributed by atoms with van der Waals surface area (Å²) in [6, 6.07) is 5.21. The van der Waals surface area contributed by atoms with E-state index >= 15 is 0 Å². The van der Waals surface area contributed by atoms with Crippen LogP contribution in [0.1, 0.15) is 0 Å². The molecule has 78 valence electrons. The summed E-state index contributed by atoms with van der Waals surface area (Å²) in [5, 5.41) is 7.73. The van der Waals surface area contributed by atoms with Crippen molar-refractivity contribution >= 4 is 22.7 Å². The Bertz CT molecular complexity index is 506. The van der Waals surface area contributed by atoms with E-state index in [1.165, 1.54) is 11.8 Å². The van der Waals surface area contributed by atoms with Gasteiger partial charge in [0.2, 0.25) is 0 Å². The molecule has 0 radical (unpaired) electrons. The summed E-state index contributed by atoms with van der Waals surface area (Å²) in [7, 11) is 1.33. The van der Waals surface area contributed by atoms with Crippen LogP contribution in [0.3, 0.4) is 0 Å². The maximum Gasteiger partial charge on any atom is 0.327 e. The van der Waals surface area contributed by atoms with E-state index < -0.39 is 0 Å². The maximum atomic E-state index is 11.1. The Morgan fingerprint density at radius 1 is 1.60 bits per heavy atom. The molecule has 0 bridgehead atoms. The molecule has 2 N–H and O–H groups in total. The number of hydrogen-bond donors (Lipinski definition) is 1. The van der Waals surface area contributed by atoms with Crippen LogP contribution >= 0.6 is 0 Å². The minimum Gasteiger partial charge on any atom is -0.468 e. The van der Waals surface area contributed by atoms with Gasteiger partial charge in [-0.25, -0.2) is 4.68 Å². The molecular weight excluding hydrogens is 196 g/mol. The van der Waals surface area contributed by atoms with E-state index in [2.05, 4.69) is 15.0 Å². The number of ether oxygens (including phenoxy) is 1. The van der Waals surface area contributed by atoms with Crippen molar-refractivity contribution in [2.45, 2.75) is 6.54 Å². The Labute approximate surface area is 85.6 Å². The predicted molar refractivity (Wildman–Crippen MR) is 54.0 cm³/mol. The number of nitrogens with two attached hydrogens (primary N) is 1. The number of hydrogen-bond acceptors (Lipinski definition) is 5. The fraction of sp³-hybridized carbons (Fsp3) is 0.222. The molecule has 0 saturated carbocycles. The average Bonchev–Trinajstić information content (AvgIpc) is 2.61. The van der Waals surface area contributed by atoms with E-state index in [0.29, 0.717) is 11.2 Å². The zero-order valence-electron chi connectivity index (χ0n) is 8.17. The van der Waals surface area contributed by atoms with E-state index in [0.717, 1.165) is 5.52 Å². The Morgan fingerprint density at radius 3 is 3.13 bits per heavy atom. The van der Waals surface area contributed by atoms with Gasteiger partial charge in [-0.2, -0.15) is 0 Å². The topological polar surface area (TPSA) is 83.0 Å². The molecule has 2 aromatic rings. The van der Waals surface area contributed by atoms with Crippen molar-refractivity contribution in [3.8, 4) is 0 Å². The van der Waals surface area contributed by atoms with Crippen LogP contribution in [0.4, 0.5) is 5.69 Å². The number of rotatable bonds is 2. The first-order valence-electron chi connectivity index (χ1n) is 4.36. The van der Waals surface area contributed by atoms with Crippen LogP contribution < -0.4 is 5.73 Å². The van der Waals surface area contributed by atoms with Gasteiger partial charge in [0.25, 0.3) is 0 Å². The van der Waals surface area contributed by atoms with Gasteiger partial charge in [0.15, 0.2) is 0 Å². The number of fused-ring (bicyclic) bond motifs is 1. The van der Waals surface area contributed by atoms with E-state index in [-0.39, 0.29) is 12.5 Å². The molecule has 0 amide bonds. The second-order valence-electron chi connectivity index (χ2n) is 3.07. The summed E-state index contributed by atoms with van der Waals surface area (Å²) < 4.78 is 6.00. The fourth-order valence-corrected chi connectivity index (χ4v) is 1.29. The van der Waals surface area contributed by atoms with Gasteiger partial charge in [-0.1, -0.05) is 5.21 Å². The molecule has 1 heterocycles. The molecule has 1 aromatic carbocycles. The highest BCUT2D eigenvalue weighted by atomic mass is 16.5. The van der Waals surface area contributed by atoms with Crippen molar-refractivity contribution in [1.29, 1.82) is 0 Å². The van der Waals surface area contributed by atoms with Crippen LogP contribution in [0.25, 0.3) is 11.0 Å². The lowest BCUT2D eigenvalue weighted by molar-refractivity contribution is -0.141. The molecule has 1 aromatic heterocycles. The molecule has 0 unspecified atom stereocenters. The number of esters is 1. The molecule has 2 rings (SSSR count). The van der Waals surface area contributed by atoms with Gasteiger partial charge in [-0.05, 0) is 18.2 Å². The highest BCUT2D eigenvalue weighted by Gasteiger charge is 2.08. The average molecular weight is 206 g/mol. The summed E-state index contributed by atoms with van der Waals surface area (Å²) in [6.07, 6.45) is 0. The zero-order valence-corrected chi connectivity index (χ0v) is 8.17. The third kappa shape index (κ3) is 1.74. The Kier molecular flexibility index (Phi) is 2.24. The van der Waals surface area contributed by atoms with E-state index in [1.54, 1.807) is 18.2 Å². The lowest BCUT2D eigenvalue weighted by Gasteiger charge is -2.00. The number of aromatic nitrogens is 3. The minimum absolute atomic E-state index is 0.0381. The van der Waals surface area contributed by atoms with E-state index in [4.69, 9.17) is 5.73 Å². The number of carbonyl (C=O) groups excluding carboxylic acids is 1. The highest BCUT2D eigenvalue weighted by molar-refractivity contribution is 5.79. The van der Waals surface area contributed by atoms with Gasteiger partial charge in [-0.15, -0.1) is 5.10 Å². The summed E-state index contributed by atoms with van der Waals surface area (Å²) in [6.45, 7) is 0.0381. The predicted octanol–water partition coefficient (Wildman–Crippen LogP) is 0.186. The number of carbonyl (C=O) groups is 1.